The molecule has 2 aromatic carbocycles. The first kappa shape index (κ1) is 16.2. The van der Waals surface area contributed by atoms with Crippen LogP contribution in [0.3, 0.4) is 0 Å². The van der Waals surface area contributed by atoms with Crippen molar-refractivity contribution < 1.29 is 14.7 Å². The lowest BCUT2D eigenvalue weighted by atomic mass is 9.94. The summed E-state index contributed by atoms with van der Waals surface area (Å²) in [5.41, 5.74) is 2.89. The summed E-state index contributed by atoms with van der Waals surface area (Å²) in [5.74, 6) is -1.27. The van der Waals surface area contributed by atoms with Crippen molar-refractivity contribution in [2.75, 3.05) is 19.6 Å². The highest BCUT2D eigenvalue weighted by Gasteiger charge is 2.26. The van der Waals surface area contributed by atoms with E-state index < -0.39 is 5.97 Å². The fourth-order valence-electron chi connectivity index (χ4n) is 3.12. The molecule has 1 aliphatic rings. The van der Waals surface area contributed by atoms with Crippen LogP contribution in [-0.4, -0.2) is 41.5 Å². The van der Waals surface area contributed by atoms with Crippen molar-refractivity contribution in [3.8, 4) is 0 Å². The van der Waals surface area contributed by atoms with Crippen LogP contribution >= 0.6 is 0 Å². The van der Waals surface area contributed by atoms with Gasteiger partial charge in [-0.1, -0.05) is 42.5 Å². The van der Waals surface area contributed by atoms with E-state index in [2.05, 4.69) is 11.4 Å². The molecule has 3 rings (SSSR count). The summed E-state index contributed by atoms with van der Waals surface area (Å²) in [6.45, 7) is 0.841. The van der Waals surface area contributed by atoms with Gasteiger partial charge in [-0.15, -0.1) is 0 Å². The molecule has 0 saturated heterocycles. The predicted molar refractivity (Wildman–Crippen MR) is 90.9 cm³/mol. The zero-order valence-electron chi connectivity index (χ0n) is 13.3. The topological polar surface area (TPSA) is 69.6 Å². The first-order valence-corrected chi connectivity index (χ1v) is 8.02. The Kier molecular flexibility index (Phi) is 4.91. The molecule has 0 aromatic heterocycles. The average molecular weight is 324 g/mol. The Morgan fingerprint density at radius 3 is 2.54 bits per heavy atom. The Hall–Kier alpha value is -2.66. The van der Waals surface area contributed by atoms with Crippen LogP contribution in [0.1, 0.15) is 27.5 Å². The standard InChI is InChI=1S/C19H20N2O3/c22-18(23)13-21(19(24)15-7-2-1-3-8-15)12-17-16-9-5-4-6-14(16)10-11-20-17/h1-9,17,20H,10-13H2,(H,22,23). The third-order valence-electron chi connectivity index (χ3n) is 4.25. The molecule has 2 N–H and O–H groups in total. The Labute approximate surface area is 140 Å². The molecular formula is C19H20N2O3. The summed E-state index contributed by atoms with van der Waals surface area (Å²) in [6, 6.07) is 16.9. The molecule has 0 bridgehead atoms. The number of fused-ring (bicyclic) bond motifs is 1. The van der Waals surface area contributed by atoms with Crippen molar-refractivity contribution in [2.24, 2.45) is 0 Å². The van der Waals surface area contributed by atoms with Crippen molar-refractivity contribution in [1.29, 1.82) is 0 Å². The van der Waals surface area contributed by atoms with Gasteiger partial charge in [0.05, 0.1) is 6.04 Å². The lowest BCUT2D eigenvalue weighted by Gasteiger charge is -2.31. The highest BCUT2D eigenvalue weighted by atomic mass is 16.4. The molecule has 1 aliphatic heterocycles. The number of aliphatic carboxylic acids is 1. The van der Waals surface area contributed by atoms with Gasteiger partial charge in [-0.2, -0.15) is 0 Å². The number of rotatable bonds is 5. The van der Waals surface area contributed by atoms with Gasteiger partial charge in [-0.3, -0.25) is 9.59 Å². The van der Waals surface area contributed by atoms with E-state index in [9.17, 15) is 14.7 Å². The van der Waals surface area contributed by atoms with Gasteiger partial charge in [0.25, 0.3) is 5.91 Å². The number of amides is 1. The van der Waals surface area contributed by atoms with Crippen LogP contribution < -0.4 is 5.32 Å². The lowest BCUT2D eigenvalue weighted by Crippen LogP contribution is -2.43. The first-order valence-electron chi connectivity index (χ1n) is 8.02. The van der Waals surface area contributed by atoms with Crippen LogP contribution in [0, 0.1) is 0 Å². The minimum Gasteiger partial charge on any atom is -0.480 e. The van der Waals surface area contributed by atoms with Crippen LogP contribution in [0.25, 0.3) is 0 Å². The summed E-state index contributed by atoms with van der Waals surface area (Å²) < 4.78 is 0. The Morgan fingerprint density at radius 1 is 1.08 bits per heavy atom. The number of hydrogen-bond donors (Lipinski definition) is 2. The number of carbonyl (C=O) groups is 2. The van der Waals surface area contributed by atoms with Crippen molar-refractivity contribution >= 4 is 11.9 Å². The molecule has 1 heterocycles. The zero-order valence-corrected chi connectivity index (χ0v) is 13.3. The molecule has 0 spiro atoms. The highest BCUT2D eigenvalue weighted by Crippen LogP contribution is 2.24. The minimum absolute atomic E-state index is 0.0537. The lowest BCUT2D eigenvalue weighted by molar-refractivity contribution is -0.137. The van der Waals surface area contributed by atoms with Gasteiger partial charge in [0.15, 0.2) is 0 Å². The largest absolute Gasteiger partial charge is 0.480 e. The molecule has 2 aromatic rings. The second kappa shape index (κ2) is 7.27. The number of nitrogens with one attached hydrogen (secondary N) is 1. The van der Waals surface area contributed by atoms with Gasteiger partial charge in [-0.05, 0) is 36.2 Å². The summed E-state index contributed by atoms with van der Waals surface area (Å²) >= 11 is 0. The van der Waals surface area contributed by atoms with Crippen LogP contribution in [0.4, 0.5) is 0 Å². The smallest absolute Gasteiger partial charge is 0.323 e. The van der Waals surface area contributed by atoms with E-state index in [0.29, 0.717) is 12.1 Å². The summed E-state index contributed by atoms with van der Waals surface area (Å²) in [5, 5.41) is 12.6. The minimum atomic E-state index is -1.01. The molecule has 0 aliphatic carbocycles. The van der Waals surface area contributed by atoms with E-state index in [4.69, 9.17) is 0 Å². The van der Waals surface area contributed by atoms with E-state index in [0.717, 1.165) is 18.5 Å². The predicted octanol–water partition coefficient (Wildman–Crippen LogP) is 2.10. The molecule has 124 valence electrons. The van der Waals surface area contributed by atoms with Crippen molar-refractivity contribution in [3.05, 3.63) is 71.3 Å². The van der Waals surface area contributed by atoms with E-state index >= 15 is 0 Å². The Balaban J connectivity index is 1.83. The SMILES string of the molecule is O=C(O)CN(CC1NCCc2ccccc21)C(=O)c1ccccc1. The summed E-state index contributed by atoms with van der Waals surface area (Å²) in [7, 11) is 0. The fourth-order valence-corrected chi connectivity index (χ4v) is 3.12. The molecule has 5 heteroatoms. The maximum absolute atomic E-state index is 12.7. The third kappa shape index (κ3) is 3.63. The Morgan fingerprint density at radius 2 is 1.79 bits per heavy atom. The van der Waals surface area contributed by atoms with Crippen LogP contribution in [0.15, 0.2) is 54.6 Å². The number of benzene rings is 2. The average Bonchev–Trinajstić information content (AvgIpc) is 2.61. The monoisotopic (exact) mass is 324 g/mol. The quantitative estimate of drug-likeness (QED) is 0.884. The maximum Gasteiger partial charge on any atom is 0.323 e. The van der Waals surface area contributed by atoms with E-state index in [1.54, 1.807) is 24.3 Å². The second-order valence-corrected chi connectivity index (χ2v) is 5.90. The number of hydrogen-bond acceptors (Lipinski definition) is 3. The summed E-state index contributed by atoms with van der Waals surface area (Å²) in [4.78, 5) is 25.3. The number of carboxylic acid groups (broad SMARTS) is 1. The second-order valence-electron chi connectivity index (χ2n) is 5.90. The van der Waals surface area contributed by atoms with Crippen molar-refractivity contribution in [3.63, 3.8) is 0 Å². The molecule has 1 atom stereocenters. The van der Waals surface area contributed by atoms with Crippen molar-refractivity contribution in [1.82, 2.24) is 10.2 Å². The van der Waals surface area contributed by atoms with Crippen molar-refractivity contribution in [2.45, 2.75) is 12.5 Å². The molecule has 0 fully saturated rings. The molecule has 0 saturated carbocycles. The van der Waals surface area contributed by atoms with Gasteiger partial charge in [0.1, 0.15) is 6.54 Å². The maximum atomic E-state index is 12.7. The number of nitrogens with zero attached hydrogens (tertiary/aromatic N) is 1. The molecule has 5 nitrogen and oxygen atoms in total. The molecular weight excluding hydrogens is 304 g/mol. The highest BCUT2D eigenvalue weighted by molar-refractivity contribution is 5.95. The van der Waals surface area contributed by atoms with Crippen LogP contribution in [-0.2, 0) is 11.2 Å². The molecule has 0 radical (unpaired) electrons. The van der Waals surface area contributed by atoms with Gasteiger partial charge >= 0.3 is 5.97 Å². The van der Waals surface area contributed by atoms with Crippen LogP contribution in [0.2, 0.25) is 0 Å². The van der Waals surface area contributed by atoms with Crippen LogP contribution in [0.5, 0.6) is 0 Å². The van der Waals surface area contributed by atoms with Gasteiger partial charge in [0, 0.05) is 12.1 Å². The van der Waals surface area contributed by atoms with Gasteiger partial charge in [0.2, 0.25) is 0 Å². The molecule has 1 unspecified atom stereocenters. The molecule has 24 heavy (non-hydrogen) atoms. The third-order valence-corrected chi connectivity index (χ3v) is 4.25. The van der Waals surface area contributed by atoms with Gasteiger partial charge in [-0.25, -0.2) is 0 Å². The molecule has 1 amide bonds. The van der Waals surface area contributed by atoms with Gasteiger partial charge < -0.3 is 15.3 Å². The van der Waals surface area contributed by atoms with E-state index in [-0.39, 0.29) is 18.5 Å². The summed E-state index contributed by atoms with van der Waals surface area (Å²) in [6.07, 6.45) is 0.943. The fraction of sp³-hybridized carbons (Fsp3) is 0.263. The normalized spacial score (nSPS) is 16.2. The Bertz CT molecular complexity index is 730. The van der Waals surface area contributed by atoms with E-state index in [1.807, 2.05) is 24.3 Å². The number of carboxylic acids is 1. The van der Waals surface area contributed by atoms with E-state index in [1.165, 1.54) is 10.5 Å². The number of carbonyl (C=O) groups excluding carboxylic acids is 1. The first-order chi connectivity index (χ1) is 11.6. The zero-order chi connectivity index (χ0) is 16.9.